The van der Waals surface area contributed by atoms with E-state index < -0.39 is 0 Å². The molecule has 0 saturated carbocycles. The molecule has 0 spiro atoms. The molecule has 118 valence electrons. The van der Waals surface area contributed by atoms with E-state index in [1.165, 1.54) is 28.7 Å². The van der Waals surface area contributed by atoms with Gasteiger partial charge >= 0.3 is 0 Å². The molecule has 1 amide bonds. The lowest BCUT2D eigenvalue weighted by Gasteiger charge is -2.17. The maximum atomic E-state index is 12.5. The Morgan fingerprint density at radius 1 is 1.39 bits per heavy atom. The molecule has 5 nitrogen and oxygen atoms in total. The van der Waals surface area contributed by atoms with E-state index in [0.29, 0.717) is 18.3 Å². The van der Waals surface area contributed by atoms with Crippen molar-refractivity contribution in [2.24, 2.45) is 0 Å². The van der Waals surface area contributed by atoms with Crippen molar-refractivity contribution in [1.82, 2.24) is 9.97 Å². The predicted octanol–water partition coefficient (Wildman–Crippen LogP) is 3.45. The lowest BCUT2D eigenvalue weighted by atomic mass is 10.3. The summed E-state index contributed by atoms with van der Waals surface area (Å²) < 4.78 is 6.17. The molecule has 2 aromatic heterocycles. The Bertz CT molecular complexity index is 779. The number of methoxy groups -OCH3 is 1. The number of rotatable bonds is 6. The number of fused-ring (bicyclic) bond motifs is 1. The van der Waals surface area contributed by atoms with Gasteiger partial charge in [-0.05, 0) is 18.2 Å². The summed E-state index contributed by atoms with van der Waals surface area (Å²) >= 11 is 2.99. The van der Waals surface area contributed by atoms with Crippen LogP contribution in [0, 0.1) is 0 Å². The number of carbonyl (C=O) groups is 1. The molecular weight excluding hydrogens is 330 g/mol. The zero-order valence-corrected chi connectivity index (χ0v) is 14.1. The first-order valence-corrected chi connectivity index (χ1v) is 8.71. The highest BCUT2D eigenvalue weighted by molar-refractivity contribution is 7.22. The summed E-state index contributed by atoms with van der Waals surface area (Å²) in [6.07, 6.45) is 4.96. The van der Waals surface area contributed by atoms with Crippen LogP contribution in [0.3, 0.4) is 0 Å². The van der Waals surface area contributed by atoms with E-state index in [9.17, 15) is 4.79 Å². The SMILES string of the molecule is COCCN(C(=O)/C=C/c1nccs1)c1nc2ccccc2s1. The van der Waals surface area contributed by atoms with Gasteiger partial charge in [0.25, 0.3) is 5.91 Å². The fourth-order valence-electron chi connectivity index (χ4n) is 2.01. The largest absolute Gasteiger partial charge is 0.383 e. The van der Waals surface area contributed by atoms with Gasteiger partial charge in [0.2, 0.25) is 0 Å². The highest BCUT2D eigenvalue weighted by atomic mass is 32.1. The van der Waals surface area contributed by atoms with Crippen LogP contribution >= 0.6 is 22.7 Å². The number of para-hydroxylation sites is 1. The first-order valence-electron chi connectivity index (χ1n) is 7.01. The van der Waals surface area contributed by atoms with Crippen LogP contribution in [-0.2, 0) is 9.53 Å². The highest BCUT2D eigenvalue weighted by Gasteiger charge is 2.17. The number of nitrogens with zero attached hydrogens (tertiary/aromatic N) is 3. The Morgan fingerprint density at radius 2 is 2.26 bits per heavy atom. The van der Waals surface area contributed by atoms with Gasteiger partial charge in [-0.2, -0.15) is 0 Å². The van der Waals surface area contributed by atoms with Gasteiger partial charge in [-0.25, -0.2) is 9.97 Å². The van der Waals surface area contributed by atoms with E-state index in [1.807, 2.05) is 29.6 Å². The van der Waals surface area contributed by atoms with E-state index in [1.54, 1.807) is 24.3 Å². The average molecular weight is 345 g/mol. The number of hydrogen-bond donors (Lipinski definition) is 0. The normalized spacial score (nSPS) is 11.3. The molecule has 0 aliphatic carbocycles. The van der Waals surface area contributed by atoms with Crippen LogP contribution < -0.4 is 4.90 Å². The van der Waals surface area contributed by atoms with Gasteiger partial charge in [-0.3, -0.25) is 9.69 Å². The van der Waals surface area contributed by atoms with E-state index in [-0.39, 0.29) is 5.91 Å². The molecule has 1 aromatic carbocycles. The molecule has 0 aliphatic heterocycles. The molecule has 0 unspecified atom stereocenters. The fourth-order valence-corrected chi connectivity index (χ4v) is 3.53. The minimum atomic E-state index is -0.128. The minimum Gasteiger partial charge on any atom is -0.383 e. The van der Waals surface area contributed by atoms with Crippen molar-refractivity contribution >= 4 is 50.0 Å². The third kappa shape index (κ3) is 3.82. The third-order valence-electron chi connectivity index (χ3n) is 3.12. The van der Waals surface area contributed by atoms with Gasteiger partial charge in [0.15, 0.2) is 5.13 Å². The van der Waals surface area contributed by atoms with Crippen molar-refractivity contribution in [1.29, 1.82) is 0 Å². The van der Waals surface area contributed by atoms with E-state index in [0.717, 1.165) is 15.2 Å². The zero-order valence-electron chi connectivity index (χ0n) is 12.5. The monoisotopic (exact) mass is 345 g/mol. The zero-order chi connectivity index (χ0) is 16.1. The Labute approximate surface area is 141 Å². The first kappa shape index (κ1) is 15.8. The van der Waals surface area contributed by atoms with Crippen molar-refractivity contribution in [3.8, 4) is 0 Å². The van der Waals surface area contributed by atoms with Crippen LogP contribution in [0.4, 0.5) is 5.13 Å². The van der Waals surface area contributed by atoms with Crippen LogP contribution in [-0.4, -0.2) is 36.1 Å². The van der Waals surface area contributed by atoms with Crippen LogP contribution in [0.15, 0.2) is 41.9 Å². The molecule has 0 aliphatic rings. The molecule has 0 fully saturated rings. The molecule has 0 atom stereocenters. The summed E-state index contributed by atoms with van der Waals surface area (Å²) in [4.78, 5) is 22.9. The second-order valence-electron chi connectivity index (χ2n) is 4.65. The molecule has 0 radical (unpaired) electrons. The summed E-state index contributed by atoms with van der Waals surface area (Å²) in [5.74, 6) is -0.128. The van der Waals surface area contributed by atoms with Crippen molar-refractivity contribution in [3.63, 3.8) is 0 Å². The summed E-state index contributed by atoms with van der Waals surface area (Å²) in [5, 5.41) is 3.35. The molecule has 3 rings (SSSR count). The number of thiazole rings is 2. The summed E-state index contributed by atoms with van der Waals surface area (Å²) in [5.41, 5.74) is 0.895. The van der Waals surface area contributed by atoms with Crippen molar-refractivity contribution in [3.05, 3.63) is 46.9 Å². The highest BCUT2D eigenvalue weighted by Crippen LogP contribution is 2.28. The Hall–Kier alpha value is -2.09. The lowest BCUT2D eigenvalue weighted by molar-refractivity contribution is -0.114. The fraction of sp³-hybridized carbons (Fsp3) is 0.188. The molecule has 0 saturated heterocycles. The average Bonchev–Trinajstić information content (AvgIpc) is 3.22. The van der Waals surface area contributed by atoms with Gasteiger partial charge in [0, 0.05) is 24.8 Å². The van der Waals surface area contributed by atoms with Crippen molar-refractivity contribution < 1.29 is 9.53 Å². The van der Waals surface area contributed by atoms with Crippen LogP contribution in [0.2, 0.25) is 0 Å². The van der Waals surface area contributed by atoms with Crippen LogP contribution in [0.25, 0.3) is 16.3 Å². The summed E-state index contributed by atoms with van der Waals surface area (Å²) in [6.45, 7) is 0.907. The van der Waals surface area contributed by atoms with Gasteiger partial charge in [-0.15, -0.1) is 11.3 Å². The van der Waals surface area contributed by atoms with E-state index in [2.05, 4.69) is 9.97 Å². The number of aromatic nitrogens is 2. The smallest absolute Gasteiger partial charge is 0.252 e. The number of carbonyl (C=O) groups excluding carboxylic acids is 1. The van der Waals surface area contributed by atoms with E-state index in [4.69, 9.17) is 4.74 Å². The van der Waals surface area contributed by atoms with Gasteiger partial charge < -0.3 is 4.74 Å². The number of hydrogen-bond acceptors (Lipinski definition) is 6. The molecule has 3 aromatic rings. The molecule has 7 heteroatoms. The second kappa shape index (κ2) is 7.45. The molecular formula is C16H15N3O2S2. The minimum absolute atomic E-state index is 0.128. The summed E-state index contributed by atoms with van der Waals surface area (Å²) in [6, 6.07) is 7.85. The Morgan fingerprint density at radius 3 is 3.00 bits per heavy atom. The Kier molecular flexibility index (Phi) is 5.12. The van der Waals surface area contributed by atoms with Crippen molar-refractivity contribution in [2.45, 2.75) is 0 Å². The standard InChI is InChI=1S/C16H15N3O2S2/c1-21-10-9-19(15(20)7-6-14-17-8-11-22-14)16-18-12-4-2-3-5-13(12)23-16/h2-8,11H,9-10H2,1H3/b7-6+. The molecule has 0 N–H and O–H groups in total. The van der Waals surface area contributed by atoms with Crippen LogP contribution in [0.5, 0.6) is 0 Å². The van der Waals surface area contributed by atoms with Gasteiger partial charge in [-0.1, -0.05) is 23.5 Å². The topological polar surface area (TPSA) is 55.3 Å². The van der Waals surface area contributed by atoms with Gasteiger partial charge in [0.1, 0.15) is 5.01 Å². The maximum Gasteiger partial charge on any atom is 0.252 e. The van der Waals surface area contributed by atoms with Gasteiger partial charge in [0.05, 0.1) is 23.4 Å². The predicted molar refractivity (Wildman–Crippen MR) is 95.0 cm³/mol. The number of benzene rings is 1. The number of anilines is 1. The first-order chi connectivity index (χ1) is 11.3. The third-order valence-corrected chi connectivity index (χ3v) is 4.92. The second-order valence-corrected chi connectivity index (χ2v) is 6.59. The van der Waals surface area contributed by atoms with E-state index >= 15 is 0 Å². The molecule has 2 heterocycles. The van der Waals surface area contributed by atoms with Crippen molar-refractivity contribution in [2.75, 3.05) is 25.2 Å². The Balaban J connectivity index is 1.85. The summed E-state index contributed by atoms with van der Waals surface area (Å²) in [7, 11) is 1.62. The molecule has 0 bridgehead atoms. The lowest BCUT2D eigenvalue weighted by Crippen LogP contribution is -2.32. The van der Waals surface area contributed by atoms with Crippen LogP contribution in [0.1, 0.15) is 5.01 Å². The molecule has 23 heavy (non-hydrogen) atoms. The maximum absolute atomic E-state index is 12.5. The number of amides is 1. The number of ether oxygens (including phenoxy) is 1. The quantitative estimate of drug-likeness (QED) is 0.642.